The highest BCUT2D eigenvalue weighted by atomic mass is 35.5. The molecule has 35 heavy (non-hydrogen) atoms. The summed E-state index contributed by atoms with van der Waals surface area (Å²) in [4.78, 5) is 33.9. The third kappa shape index (κ3) is 4.62. The van der Waals surface area contributed by atoms with Crippen LogP contribution in [0.3, 0.4) is 0 Å². The number of nitrogens with zero attached hydrogens (tertiary/aromatic N) is 3. The Bertz CT molecular complexity index is 1630. The van der Waals surface area contributed by atoms with Crippen LogP contribution in [-0.2, 0) is 0 Å². The second-order valence-corrected chi connectivity index (χ2v) is 9.15. The van der Waals surface area contributed by atoms with Gasteiger partial charge in [-0.2, -0.15) is 0 Å². The molecule has 2 heterocycles. The minimum absolute atomic E-state index is 0. The van der Waals surface area contributed by atoms with Crippen LogP contribution in [0.2, 0.25) is 0 Å². The minimum Gasteiger partial charge on any atom is -0.422 e. The Hall–Kier alpha value is -3.40. The third-order valence-electron chi connectivity index (χ3n) is 5.52. The van der Waals surface area contributed by atoms with E-state index < -0.39 is 23.2 Å². The topological polar surface area (TPSA) is 66.7 Å². The Morgan fingerprint density at radius 3 is 2.57 bits per heavy atom. The molecule has 0 fully saturated rings. The summed E-state index contributed by atoms with van der Waals surface area (Å²) in [5.74, 6) is -2.16. The number of fused-ring (bicyclic) bond motifs is 4. The molecule has 5 rings (SSSR count). The first-order valence-electron chi connectivity index (χ1n) is 10.5. The first kappa shape index (κ1) is 24.7. The molecule has 180 valence electrons. The molecule has 0 aliphatic rings. The summed E-state index contributed by atoms with van der Waals surface area (Å²) >= 11 is 0.983. The molecular weight excluding hydrogens is 496 g/mol. The van der Waals surface area contributed by atoms with Gasteiger partial charge in [0.05, 0.1) is 4.70 Å². The normalized spacial score (nSPS) is 11.3. The molecule has 0 N–H and O–H groups in total. The molecule has 0 spiro atoms. The van der Waals surface area contributed by atoms with Crippen molar-refractivity contribution in [2.75, 3.05) is 32.1 Å². The number of carbonyl (C=O) groups excluding carboxylic acids is 1. The fraction of sp³-hybridized carbons (Fsp3) is 0.160. The van der Waals surface area contributed by atoms with E-state index in [2.05, 4.69) is 4.98 Å². The maximum absolute atomic E-state index is 14.3. The Kier molecular flexibility index (Phi) is 6.84. The maximum Gasteiger partial charge on any atom is 0.349 e. The van der Waals surface area contributed by atoms with Crippen LogP contribution in [0.25, 0.3) is 32.0 Å². The predicted molar refractivity (Wildman–Crippen MR) is 137 cm³/mol. The summed E-state index contributed by atoms with van der Waals surface area (Å²) in [5, 5.41) is 2.58. The van der Waals surface area contributed by atoms with Crippen molar-refractivity contribution in [2.24, 2.45) is 0 Å². The standard InChI is InChI=1S/C25H19F2N3O3S.ClH/c1-29(2)9-10-30(25-28-22-19(27)11-15(26)12-21(22)34-25)23(31)18-13-17-16-6-4-3-5-14(16)7-8-20(17)33-24(18)32;/h3-8,11-13H,9-10H2,1-2H3;1H. The summed E-state index contributed by atoms with van der Waals surface area (Å²) in [6.07, 6.45) is 0. The average molecular weight is 516 g/mol. The van der Waals surface area contributed by atoms with E-state index in [1.165, 1.54) is 17.0 Å². The van der Waals surface area contributed by atoms with E-state index in [0.717, 1.165) is 28.2 Å². The second kappa shape index (κ2) is 9.69. The second-order valence-electron chi connectivity index (χ2n) is 8.14. The molecule has 10 heteroatoms. The summed E-state index contributed by atoms with van der Waals surface area (Å²) in [7, 11) is 3.68. The van der Waals surface area contributed by atoms with Gasteiger partial charge in [0.1, 0.15) is 22.5 Å². The predicted octanol–water partition coefficient (Wildman–Crippen LogP) is 5.46. The number of hydrogen-bond donors (Lipinski definition) is 0. The Labute approximate surface area is 208 Å². The van der Waals surface area contributed by atoms with Gasteiger partial charge in [0.15, 0.2) is 10.9 Å². The lowest BCUT2D eigenvalue weighted by Gasteiger charge is -2.21. The minimum atomic E-state index is -0.811. The zero-order valence-electron chi connectivity index (χ0n) is 18.7. The molecular formula is C25H20ClF2N3O3S. The molecule has 2 aromatic heterocycles. The van der Waals surface area contributed by atoms with E-state index in [0.29, 0.717) is 17.5 Å². The number of rotatable bonds is 5. The van der Waals surface area contributed by atoms with Gasteiger partial charge in [-0.3, -0.25) is 9.69 Å². The highest BCUT2D eigenvalue weighted by Crippen LogP contribution is 2.32. The Morgan fingerprint density at radius 2 is 1.80 bits per heavy atom. The smallest absolute Gasteiger partial charge is 0.349 e. The summed E-state index contributed by atoms with van der Waals surface area (Å²) < 4.78 is 33.7. The highest BCUT2D eigenvalue weighted by molar-refractivity contribution is 7.22. The van der Waals surface area contributed by atoms with Crippen molar-refractivity contribution >= 4 is 66.7 Å². The van der Waals surface area contributed by atoms with Crippen molar-refractivity contribution in [1.82, 2.24) is 9.88 Å². The van der Waals surface area contributed by atoms with Crippen molar-refractivity contribution in [1.29, 1.82) is 0 Å². The van der Waals surface area contributed by atoms with Crippen LogP contribution >= 0.6 is 23.7 Å². The SMILES string of the molecule is CN(C)CCN(C(=O)c1cc2c(ccc3ccccc32)oc1=O)c1nc2c(F)cc(F)cc2s1.Cl. The van der Waals surface area contributed by atoms with Crippen molar-refractivity contribution in [2.45, 2.75) is 0 Å². The van der Waals surface area contributed by atoms with Gasteiger partial charge in [0.25, 0.3) is 5.91 Å². The van der Waals surface area contributed by atoms with Crippen molar-refractivity contribution in [3.8, 4) is 0 Å². The number of thiazole rings is 1. The molecule has 0 unspecified atom stereocenters. The number of anilines is 1. The van der Waals surface area contributed by atoms with E-state index in [1.54, 1.807) is 6.07 Å². The van der Waals surface area contributed by atoms with Crippen LogP contribution in [0.15, 0.2) is 63.8 Å². The van der Waals surface area contributed by atoms with Crippen molar-refractivity contribution < 1.29 is 18.0 Å². The van der Waals surface area contributed by atoms with Gasteiger partial charge in [0, 0.05) is 24.5 Å². The zero-order valence-corrected chi connectivity index (χ0v) is 20.4. The molecule has 0 aliphatic carbocycles. The molecule has 0 saturated carbocycles. The molecule has 6 nitrogen and oxygen atoms in total. The molecule has 0 saturated heterocycles. The highest BCUT2D eigenvalue weighted by Gasteiger charge is 2.26. The van der Waals surface area contributed by atoms with Gasteiger partial charge in [-0.25, -0.2) is 18.6 Å². The van der Waals surface area contributed by atoms with E-state index in [4.69, 9.17) is 4.42 Å². The zero-order chi connectivity index (χ0) is 24.0. The Balaban J connectivity index is 0.00000289. The van der Waals surface area contributed by atoms with Gasteiger partial charge in [-0.1, -0.05) is 41.7 Å². The van der Waals surface area contributed by atoms with Crippen LogP contribution in [0.5, 0.6) is 0 Å². The Morgan fingerprint density at radius 1 is 1.03 bits per heavy atom. The molecule has 0 atom stereocenters. The number of likely N-dealkylation sites (N-methyl/N-ethyl adjacent to an activating group) is 1. The summed E-state index contributed by atoms with van der Waals surface area (Å²) in [6.45, 7) is 0.642. The van der Waals surface area contributed by atoms with E-state index in [1.807, 2.05) is 49.3 Å². The lowest BCUT2D eigenvalue weighted by molar-refractivity contribution is 0.0982. The third-order valence-corrected chi connectivity index (χ3v) is 6.55. The first-order valence-corrected chi connectivity index (χ1v) is 11.3. The van der Waals surface area contributed by atoms with Crippen LogP contribution in [0.4, 0.5) is 13.9 Å². The number of benzene rings is 3. The maximum atomic E-state index is 14.3. The lowest BCUT2D eigenvalue weighted by Crippen LogP contribution is -2.38. The van der Waals surface area contributed by atoms with Gasteiger partial charge in [-0.05, 0) is 43.1 Å². The number of halogens is 3. The lowest BCUT2D eigenvalue weighted by atomic mass is 10.0. The van der Waals surface area contributed by atoms with Crippen molar-refractivity contribution in [3.63, 3.8) is 0 Å². The van der Waals surface area contributed by atoms with Crippen molar-refractivity contribution in [3.05, 3.63) is 82.2 Å². The monoisotopic (exact) mass is 515 g/mol. The quantitative estimate of drug-likeness (QED) is 0.229. The summed E-state index contributed by atoms with van der Waals surface area (Å²) in [6, 6.07) is 14.6. The number of aromatic nitrogens is 1. The van der Waals surface area contributed by atoms with E-state index >= 15 is 0 Å². The van der Waals surface area contributed by atoms with Crippen LogP contribution in [0.1, 0.15) is 10.4 Å². The fourth-order valence-corrected chi connectivity index (χ4v) is 4.84. The fourth-order valence-electron chi connectivity index (χ4n) is 3.81. The molecule has 0 aliphatic heterocycles. The number of carbonyl (C=O) groups is 1. The largest absolute Gasteiger partial charge is 0.422 e. The molecule has 5 aromatic rings. The first-order chi connectivity index (χ1) is 16.3. The number of amides is 1. The van der Waals surface area contributed by atoms with Gasteiger partial charge in [-0.15, -0.1) is 12.4 Å². The van der Waals surface area contributed by atoms with Gasteiger partial charge < -0.3 is 9.32 Å². The van der Waals surface area contributed by atoms with Gasteiger partial charge >= 0.3 is 5.63 Å². The molecule has 1 amide bonds. The van der Waals surface area contributed by atoms with E-state index in [-0.39, 0.29) is 39.9 Å². The van der Waals surface area contributed by atoms with Crippen LogP contribution in [0, 0.1) is 11.6 Å². The molecule has 0 bridgehead atoms. The van der Waals surface area contributed by atoms with Gasteiger partial charge in [0.2, 0.25) is 0 Å². The van der Waals surface area contributed by atoms with Crippen LogP contribution in [-0.4, -0.2) is 43.0 Å². The number of hydrogen-bond acceptors (Lipinski definition) is 6. The van der Waals surface area contributed by atoms with E-state index in [9.17, 15) is 18.4 Å². The van der Waals surface area contributed by atoms with Crippen LogP contribution < -0.4 is 10.5 Å². The average Bonchev–Trinajstić information content (AvgIpc) is 3.22. The summed E-state index contributed by atoms with van der Waals surface area (Å²) in [5.41, 5.74) is -0.590. The molecule has 0 radical (unpaired) electrons. The molecule has 3 aromatic carbocycles.